The van der Waals surface area contributed by atoms with Gasteiger partial charge in [-0.1, -0.05) is 66.2 Å². The smallest absolute Gasteiger partial charge is 0.159 e. The van der Waals surface area contributed by atoms with Crippen LogP contribution in [0, 0.1) is 0 Å². The third-order valence-electron chi connectivity index (χ3n) is 2.68. The van der Waals surface area contributed by atoms with Gasteiger partial charge in [-0.05, 0) is 24.1 Å². The molecule has 0 aliphatic carbocycles. The van der Waals surface area contributed by atoms with E-state index >= 15 is 0 Å². The normalized spacial score (nSPS) is 10.8. The molecule has 0 heterocycles. The van der Waals surface area contributed by atoms with Gasteiger partial charge in [-0.3, -0.25) is 4.79 Å². The van der Waals surface area contributed by atoms with Crippen molar-refractivity contribution in [3.63, 3.8) is 0 Å². The van der Waals surface area contributed by atoms with Crippen LogP contribution in [0.3, 0.4) is 0 Å². The fourth-order valence-electron chi connectivity index (χ4n) is 1.63. The molecule has 0 spiro atoms. The highest BCUT2D eigenvalue weighted by Crippen LogP contribution is 2.18. The Hall–Kier alpha value is -1.86. The molecule has 2 aromatic rings. The first kappa shape index (κ1) is 12.6. The van der Waals surface area contributed by atoms with Crippen LogP contribution in [0.4, 0.5) is 0 Å². The van der Waals surface area contributed by atoms with Gasteiger partial charge in [0.15, 0.2) is 5.78 Å². The average molecular weight is 257 g/mol. The van der Waals surface area contributed by atoms with Crippen LogP contribution < -0.4 is 0 Å². The molecule has 0 radical (unpaired) electrons. The quantitative estimate of drug-likeness (QED) is 0.574. The molecular formula is C16H13ClO. The zero-order valence-electron chi connectivity index (χ0n) is 10.1. The minimum absolute atomic E-state index is 0.0802. The molecule has 0 N–H and O–H groups in total. The minimum atomic E-state index is 0.0802. The first-order valence-electron chi connectivity index (χ1n) is 5.70. The summed E-state index contributed by atoms with van der Waals surface area (Å²) >= 11 is 6.06. The summed E-state index contributed by atoms with van der Waals surface area (Å²) in [5, 5.41) is 0.731. The Morgan fingerprint density at radius 1 is 1.00 bits per heavy atom. The van der Waals surface area contributed by atoms with Crippen molar-refractivity contribution in [2.75, 3.05) is 0 Å². The van der Waals surface area contributed by atoms with Crippen LogP contribution in [0.5, 0.6) is 0 Å². The van der Waals surface area contributed by atoms with E-state index in [2.05, 4.69) is 0 Å². The first-order valence-corrected chi connectivity index (χ1v) is 6.08. The van der Waals surface area contributed by atoms with Crippen molar-refractivity contribution >= 4 is 29.5 Å². The second kappa shape index (κ2) is 5.65. The van der Waals surface area contributed by atoms with E-state index in [-0.39, 0.29) is 5.78 Å². The fraction of sp³-hybridized carbons (Fsp3) is 0.0625. The lowest BCUT2D eigenvalue weighted by Gasteiger charge is -1.98. The summed E-state index contributed by atoms with van der Waals surface area (Å²) in [5.41, 5.74) is 2.75. The van der Waals surface area contributed by atoms with Gasteiger partial charge in [-0.25, -0.2) is 0 Å². The van der Waals surface area contributed by atoms with Gasteiger partial charge >= 0.3 is 0 Å². The Morgan fingerprint density at radius 2 is 1.67 bits per heavy atom. The third kappa shape index (κ3) is 3.08. The highest BCUT2D eigenvalue weighted by molar-refractivity contribution is 6.32. The van der Waals surface area contributed by atoms with Gasteiger partial charge in [0.1, 0.15) is 0 Å². The maximum atomic E-state index is 11.1. The maximum absolute atomic E-state index is 11.1. The van der Waals surface area contributed by atoms with Crippen LogP contribution >= 0.6 is 11.6 Å². The molecule has 0 aromatic heterocycles. The molecule has 0 amide bonds. The SMILES string of the molecule is CC(=O)c1ccc(/C=C/c2ccccc2Cl)cc1. The van der Waals surface area contributed by atoms with E-state index in [9.17, 15) is 4.79 Å². The number of rotatable bonds is 3. The van der Waals surface area contributed by atoms with E-state index in [1.165, 1.54) is 0 Å². The monoisotopic (exact) mass is 256 g/mol. The molecule has 1 nitrogen and oxygen atoms in total. The molecule has 0 unspecified atom stereocenters. The molecule has 0 aliphatic heterocycles. The lowest BCUT2D eigenvalue weighted by atomic mass is 10.1. The molecule has 0 saturated carbocycles. The maximum Gasteiger partial charge on any atom is 0.159 e. The summed E-state index contributed by atoms with van der Waals surface area (Å²) in [6.45, 7) is 1.56. The largest absolute Gasteiger partial charge is 0.295 e. The van der Waals surface area contributed by atoms with Gasteiger partial charge < -0.3 is 0 Å². The van der Waals surface area contributed by atoms with Crippen LogP contribution in [-0.4, -0.2) is 5.78 Å². The lowest BCUT2D eigenvalue weighted by Crippen LogP contribution is -1.90. The Balaban J connectivity index is 2.19. The number of halogens is 1. The summed E-state index contributed by atoms with van der Waals surface area (Å²) in [6, 6.07) is 15.2. The van der Waals surface area contributed by atoms with Gasteiger partial charge in [-0.2, -0.15) is 0 Å². The van der Waals surface area contributed by atoms with E-state index in [4.69, 9.17) is 11.6 Å². The molecule has 2 rings (SSSR count). The van der Waals surface area contributed by atoms with E-state index in [0.29, 0.717) is 0 Å². The van der Waals surface area contributed by atoms with Crippen molar-refractivity contribution in [2.24, 2.45) is 0 Å². The molecule has 0 bridgehead atoms. The Labute approximate surface area is 112 Å². The summed E-state index contributed by atoms with van der Waals surface area (Å²) < 4.78 is 0. The van der Waals surface area contributed by atoms with Crippen molar-refractivity contribution in [2.45, 2.75) is 6.92 Å². The van der Waals surface area contributed by atoms with Gasteiger partial charge in [0.05, 0.1) is 0 Å². The van der Waals surface area contributed by atoms with Crippen molar-refractivity contribution < 1.29 is 4.79 Å². The molecule has 90 valence electrons. The van der Waals surface area contributed by atoms with E-state index in [0.717, 1.165) is 21.7 Å². The fourth-order valence-corrected chi connectivity index (χ4v) is 1.82. The molecule has 0 atom stereocenters. The number of benzene rings is 2. The predicted molar refractivity (Wildman–Crippen MR) is 76.8 cm³/mol. The molecule has 2 heteroatoms. The standard InChI is InChI=1S/C16H13ClO/c1-12(18)14-9-6-13(7-10-14)8-11-15-4-2-3-5-16(15)17/h2-11H,1H3/b11-8+. The van der Waals surface area contributed by atoms with Crippen molar-refractivity contribution in [1.29, 1.82) is 0 Å². The summed E-state index contributed by atoms with van der Waals surface area (Å²) in [5.74, 6) is 0.0802. The van der Waals surface area contributed by atoms with E-state index in [1.54, 1.807) is 6.92 Å². The summed E-state index contributed by atoms with van der Waals surface area (Å²) in [7, 11) is 0. The van der Waals surface area contributed by atoms with E-state index in [1.807, 2.05) is 60.7 Å². The molecule has 18 heavy (non-hydrogen) atoms. The van der Waals surface area contributed by atoms with Crippen molar-refractivity contribution in [1.82, 2.24) is 0 Å². The van der Waals surface area contributed by atoms with Crippen LogP contribution in [0.25, 0.3) is 12.2 Å². The molecule has 2 aromatic carbocycles. The Kier molecular flexibility index (Phi) is 3.96. The number of carbonyl (C=O) groups is 1. The highest BCUT2D eigenvalue weighted by atomic mass is 35.5. The van der Waals surface area contributed by atoms with Crippen molar-refractivity contribution in [3.05, 3.63) is 70.2 Å². The second-order valence-corrected chi connectivity index (χ2v) is 4.44. The summed E-state index contributed by atoms with van der Waals surface area (Å²) in [6.07, 6.45) is 3.94. The number of carbonyl (C=O) groups excluding carboxylic acids is 1. The number of hydrogen-bond donors (Lipinski definition) is 0. The predicted octanol–water partition coefficient (Wildman–Crippen LogP) is 4.71. The Morgan fingerprint density at radius 3 is 2.28 bits per heavy atom. The topological polar surface area (TPSA) is 17.1 Å². The molecular weight excluding hydrogens is 244 g/mol. The van der Waals surface area contributed by atoms with Crippen molar-refractivity contribution in [3.8, 4) is 0 Å². The van der Waals surface area contributed by atoms with Gasteiger partial charge in [0, 0.05) is 10.6 Å². The van der Waals surface area contributed by atoms with Gasteiger partial charge in [0.2, 0.25) is 0 Å². The van der Waals surface area contributed by atoms with Crippen LogP contribution in [0.1, 0.15) is 28.4 Å². The van der Waals surface area contributed by atoms with Crippen LogP contribution in [-0.2, 0) is 0 Å². The zero-order chi connectivity index (χ0) is 13.0. The molecule has 0 saturated heterocycles. The Bertz CT molecular complexity index is 582. The third-order valence-corrected chi connectivity index (χ3v) is 3.02. The second-order valence-electron chi connectivity index (χ2n) is 4.03. The van der Waals surface area contributed by atoms with Gasteiger partial charge in [0.25, 0.3) is 0 Å². The first-order chi connectivity index (χ1) is 8.66. The molecule has 0 fully saturated rings. The minimum Gasteiger partial charge on any atom is -0.295 e. The highest BCUT2D eigenvalue weighted by Gasteiger charge is 1.97. The van der Waals surface area contributed by atoms with E-state index < -0.39 is 0 Å². The van der Waals surface area contributed by atoms with Crippen LogP contribution in [0.2, 0.25) is 5.02 Å². The summed E-state index contributed by atoms with van der Waals surface area (Å²) in [4.78, 5) is 11.1. The number of hydrogen-bond acceptors (Lipinski definition) is 1. The number of Topliss-reactive ketones (excluding diaryl/α,β-unsaturated/α-hetero) is 1. The molecule has 0 aliphatic rings. The lowest BCUT2D eigenvalue weighted by molar-refractivity contribution is 0.101. The number of ketones is 1. The zero-order valence-corrected chi connectivity index (χ0v) is 10.8. The van der Waals surface area contributed by atoms with Crippen LogP contribution in [0.15, 0.2) is 48.5 Å². The van der Waals surface area contributed by atoms with Gasteiger partial charge in [-0.15, -0.1) is 0 Å². The average Bonchev–Trinajstić information content (AvgIpc) is 2.38.